The van der Waals surface area contributed by atoms with E-state index in [-0.39, 0.29) is 5.92 Å². The van der Waals surface area contributed by atoms with Gasteiger partial charge in [-0.1, -0.05) is 0 Å². The van der Waals surface area contributed by atoms with E-state index in [0.717, 1.165) is 0 Å². The van der Waals surface area contributed by atoms with Crippen LogP contribution in [0.1, 0.15) is 6.42 Å². The summed E-state index contributed by atoms with van der Waals surface area (Å²) >= 11 is 5.74. The Hall–Kier alpha value is -0.320. The van der Waals surface area contributed by atoms with Crippen LogP contribution in [0, 0.1) is 5.92 Å². The molecule has 0 spiro atoms. The van der Waals surface area contributed by atoms with Gasteiger partial charge < -0.3 is 14.9 Å². The third kappa shape index (κ3) is 1.55. The normalized spacial score (nSPS) is 28.3. The lowest BCUT2D eigenvalue weighted by Gasteiger charge is -2.24. The van der Waals surface area contributed by atoms with Gasteiger partial charge in [0.1, 0.15) is 0 Å². The fourth-order valence-electron chi connectivity index (χ4n) is 1.27. The molecule has 0 saturated carbocycles. The second kappa shape index (κ2) is 3.60. The number of hydrogen-bond donors (Lipinski definition) is 2. The molecular weight excluding hydrogens is 184 g/mol. The van der Waals surface area contributed by atoms with Crippen molar-refractivity contribution in [3.05, 3.63) is 0 Å². The van der Waals surface area contributed by atoms with E-state index in [2.05, 4.69) is 0 Å². The highest BCUT2D eigenvalue weighted by atomic mass is 35.5. The molecule has 4 nitrogen and oxygen atoms in total. The zero-order valence-corrected chi connectivity index (χ0v) is 7.25. The number of carboxylic acid groups (broad SMARTS) is 1. The zero-order valence-electron chi connectivity index (χ0n) is 6.49. The standard InChI is InChI=1S/C7H11ClO4/c8-7(4-9,6(10)11)5-1-2-12-3-5/h5,9H,1-4H2,(H,10,11). The molecule has 12 heavy (non-hydrogen) atoms. The lowest BCUT2D eigenvalue weighted by molar-refractivity contribution is -0.143. The van der Waals surface area contributed by atoms with Gasteiger partial charge in [-0.25, -0.2) is 0 Å². The summed E-state index contributed by atoms with van der Waals surface area (Å²) in [4.78, 5) is 9.13. The molecule has 0 bridgehead atoms. The SMILES string of the molecule is O=C(O)C(Cl)(CO)C1CCOC1. The molecule has 2 atom stereocenters. The number of aliphatic hydroxyl groups is 1. The lowest BCUT2D eigenvalue weighted by atomic mass is 9.91. The first-order valence-corrected chi connectivity index (χ1v) is 4.10. The Morgan fingerprint density at radius 1 is 1.75 bits per heavy atom. The van der Waals surface area contributed by atoms with Crippen molar-refractivity contribution in [2.24, 2.45) is 5.92 Å². The van der Waals surface area contributed by atoms with E-state index >= 15 is 0 Å². The second-order valence-corrected chi connectivity index (χ2v) is 3.56. The third-order valence-electron chi connectivity index (χ3n) is 2.16. The molecule has 0 aromatic heterocycles. The molecular formula is C7H11ClO4. The Bertz CT molecular complexity index is 178. The van der Waals surface area contributed by atoms with Crippen molar-refractivity contribution in [1.82, 2.24) is 0 Å². The molecule has 0 radical (unpaired) electrons. The van der Waals surface area contributed by atoms with Crippen LogP contribution in [0.2, 0.25) is 0 Å². The van der Waals surface area contributed by atoms with Crippen molar-refractivity contribution in [2.45, 2.75) is 11.3 Å². The number of carbonyl (C=O) groups is 1. The van der Waals surface area contributed by atoms with E-state index in [4.69, 9.17) is 26.6 Å². The number of aliphatic carboxylic acids is 1. The quantitative estimate of drug-likeness (QED) is 0.625. The van der Waals surface area contributed by atoms with E-state index in [1.807, 2.05) is 0 Å². The van der Waals surface area contributed by atoms with Gasteiger partial charge in [-0.2, -0.15) is 0 Å². The van der Waals surface area contributed by atoms with Gasteiger partial charge in [0.15, 0.2) is 4.87 Å². The van der Waals surface area contributed by atoms with Crippen LogP contribution in [0.5, 0.6) is 0 Å². The first-order chi connectivity index (χ1) is 5.61. The summed E-state index contributed by atoms with van der Waals surface area (Å²) in [5.74, 6) is -1.47. The summed E-state index contributed by atoms with van der Waals surface area (Å²) in [5.41, 5.74) is 0. The Morgan fingerprint density at radius 3 is 2.75 bits per heavy atom. The third-order valence-corrected chi connectivity index (χ3v) is 2.75. The molecule has 5 heteroatoms. The maximum atomic E-state index is 10.7. The molecule has 1 rings (SSSR count). The molecule has 0 aromatic carbocycles. The number of hydrogen-bond acceptors (Lipinski definition) is 3. The topological polar surface area (TPSA) is 66.8 Å². The molecule has 2 unspecified atom stereocenters. The highest BCUT2D eigenvalue weighted by Crippen LogP contribution is 2.31. The molecule has 1 saturated heterocycles. The maximum Gasteiger partial charge on any atom is 0.327 e. The number of rotatable bonds is 3. The van der Waals surface area contributed by atoms with E-state index in [1.54, 1.807) is 0 Å². The molecule has 2 N–H and O–H groups in total. The predicted octanol–water partition coefficient (Wildman–Crippen LogP) is 0.0774. The minimum Gasteiger partial charge on any atom is -0.480 e. The van der Waals surface area contributed by atoms with Gasteiger partial charge in [0, 0.05) is 12.5 Å². The average Bonchev–Trinajstić information content (AvgIpc) is 2.54. The Balaban J connectivity index is 2.70. The van der Waals surface area contributed by atoms with Crippen molar-refractivity contribution < 1.29 is 19.7 Å². The Kier molecular flexibility index (Phi) is 2.93. The Labute approximate surface area is 75.1 Å². The van der Waals surface area contributed by atoms with Gasteiger partial charge in [0.25, 0.3) is 0 Å². The summed E-state index contributed by atoms with van der Waals surface area (Å²) in [6, 6.07) is 0. The molecule has 1 aliphatic rings. The number of aliphatic hydroxyl groups excluding tert-OH is 1. The maximum absolute atomic E-state index is 10.7. The van der Waals surface area contributed by atoms with Gasteiger partial charge >= 0.3 is 5.97 Å². The highest BCUT2D eigenvalue weighted by Gasteiger charge is 2.45. The van der Waals surface area contributed by atoms with Crippen LogP contribution in [-0.2, 0) is 9.53 Å². The van der Waals surface area contributed by atoms with Crippen LogP contribution in [0.4, 0.5) is 0 Å². The summed E-state index contributed by atoms with van der Waals surface area (Å²) < 4.78 is 5.00. The van der Waals surface area contributed by atoms with Crippen LogP contribution in [0.3, 0.4) is 0 Å². The lowest BCUT2D eigenvalue weighted by Crippen LogP contribution is -2.44. The molecule has 0 aliphatic carbocycles. The van der Waals surface area contributed by atoms with Gasteiger partial charge in [-0.3, -0.25) is 4.79 Å². The second-order valence-electron chi connectivity index (χ2n) is 2.89. The minimum absolute atomic E-state index is 0.290. The zero-order chi connectivity index (χ0) is 9.19. The van der Waals surface area contributed by atoms with Crippen molar-refractivity contribution in [3.8, 4) is 0 Å². The highest BCUT2D eigenvalue weighted by molar-refractivity contribution is 6.34. The van der Waals surface area contributed by atoms with Crippen molar-refractivity contribution in [1.29, 1.82) is 0 Å². The number of halogens is 1. The molecule has 1 aliphatic heterocycles. The summed E-state index contributed by atoms with van der Waals surface area (Å²) in [6.07, 6.45) is 0.594. The monoisotopic (exact) mass is 194 g/mol. The first kappa shape index (κ1) is 9.77. The minimum atomic E-state index is -1.56. The van der Waals surface area contributed by atoms with Gasteiger partial charge in [-0.05, 0) is 6.42 Å². The molecule has 70 valence electrons. The fraction of sp³-hybridized carbons (Fsp3) is 0.857. The predicted molar refractivity (Wildman–Crippen MR) is 42.2 cm³/mol. The first-order valence-electron chi connectivity index (χ1n) is 3.72. The summed E-state index contributed by atoms with van der Waals surface area (Å²) in [7, 11) is 0. The Morgan fingerprint density at radius 2 is 2.42 bits per heavy atom. The molecule has 0 amide bonds. The fourth-order valence-corrected chi connectivity index (χ4v) is 1.44. The van der Waals surface area contributed by atoms with Gasteiger partial charge in [-0.15, -0.1) is 11.6 Å². The molecule has 0 aromatic rings. The smallest absolute Gasteiger partial charge is 0.327 e. The number of carboxylic acids is 1. The molecule has 1 heterocycles. The largest absolute Gasteiger partial charge is 0.480 e. The van der Waals surface area contributed by atoms with E-state index in [1.165, 1.54) is 0 Å². The molecule has 1 fully saturated rings. The number of alkyl halides is 1. The van der Waals surface area contributed by atoms with E-state index < -0.39 is 17.5 Å². The van der Waals surface area contributed by atoms with Crippen LogP contribution >= 0.6 is 11.6 Å². The van der Waals surface area contributed by atoms with Crippen LogP contribution in [0.15, 0.2) is 0 Å². The van der Waals surface area contributed by atoms with E-state index in [9.17, 15) is 4.79 Å². The van der Waals surface area contributed by atoms with Gasteiger partial charge in [0.2, 0.25) is 0 Å². The summed E-state index contributed by atoms with van der Waals surface area (Å²) in [5, 5.41) is 17.6. The van der Waals surface area contributed by atoms with Crippen LogP contribution < -0.4 is 0 Å². The van der Waals surface area contributed by atoms with E-state index in [0.29, 0.717) is 19.6 Å². The van der Waals surface area contributed by atoms with Crippen LogP contribution in [0.25, 0.3) is 0 Å². The number of ether oxygens (including phenoxy) is 1. The summed E-state index contributed by atoms with van der Waals surface area (Å²) in [6.45, 7) is 0.278. The van der Waals surface area contributed by atoms with Crippen LogP contribution in [-0.4, -0.2) is 40.9 Å². The van der Waals surface area contributed by atoms with Crippen molar-refractivity contribution in [2.75, 3.05) is 19.8 Å². The van der Waals surface area contributed by atoms with Crippen molar-refractivity contribution in [3.63, 3.8) is 0 Å². The van der Waals surface area contributed by atoms with Gasteiger partial charge in [0.05, 0.1) is 13.2 Å². The average molecular weight is 195 g/mol. The van der Waals surface area contributed by atoms with Crippen molar-refractivity contribution >= 4 is 17.6 Å².